The van der Waals surface area contributed by atoms with Gasteiger partial charge in [-0.25, -0.2) is 13.6 Å². The van der Waals surface area contributed by atoms with Gasteiger partial charge in [-0.15, -0.1) is 11.3 Å². The number of carbonyl (C=O) groups excluding carboxylic acids is 1. The number of Topliss-reactive ketones (excluding diaryl/α,β-unsaturated/α-hetero) is 1. The van der Waals surface area contributed by atoms with Crippen LogP contribution in [0.25, 0.3) is 21.6 Å². The summed E-state index contributed by atoms with van der Waals surface area (Å²) < 4.78 is 61.6. The third-order valence-electron chi connectivity index (χ3n) is 4.67. The number of primary sulfonamides is 1. The number of sulfonamides is 1. The van der Waals surface area contributed by atoms with Crippen LogP contribution >= 0.6 is 11.3 Å². The predicted molar refractivity (Wildman–Crippen MR) is 111 cm³/mol. The Hall–Kier alpha value is -2.49. The normalized spacial score (nSPS) is 12.2. The number of thiophene rings is 1. The summed E-state index contributed by atoms with van der Waals surface area (Å²) in [5.41, 5.74) is 1.83. The summed E-state index contributed by atoms with van der Waals surface area (Å²) in [7, 11) is -3.85. The molecular weight excluding hydrogens is 435 g/mol. The van der Waals surface area contributed by atoms with Crippen molar-refractivity contribution in [2.45, 2.75) is 31.3 Å². The zero-order chi connectivity index (χ0) is 22.3. The smallest absolute Gasteiger partial charge is 0.293 e. The Balaban J connectivity index is 2.15. The third-order valence-corrected chi connectivity index (χ3v) is 6.98. The van der Waals surface area contributed by atoms with E-state index in [1.54, 1.807) is 26.0 Å². The van der Waals surface area contributed by atoms with Crippen LogP contribution in [0.2, 0.25) is 0 Å². The molecule has 9 heteroatoms. The van der Waals surface area contributed by atoms with E-state index in [1.165, 1.54) is 35.6 Å². The van der Waals surface area contributed by atoms with Gasteiger partial charge in [0, 0.05) is 16.9 Å². The Bertz CT molecular complexity index is 1190. The minimum atomic E-state index is -4.43. The summed E-state index contributed by atoms with van der Waals surface area (Å²) in [6.45, 7) is 3.52. The lowest BCUT2D eigenvalue weighted by atomic mass is 9.97. The summed E-state index contributed by atoms with van der Waals surface area (Å²) in [5, 5.41) is 5.14. The van der Waals surface area contributed by atoms with Gasteiger partial charge in [0.25, 0.3) is 0 Å². The van der Waals surface area contributed by atoms with Crippen LogP contribution in [-0.4, -0.2) is 14.2 Å². The van der Waals surface area contributed by atoms with Gasteiger partial charge in [0.1, 0.15) is 0 Å². The molecule has 0 aliphatic carbocycles. The number of carbonyl (C=O) groups is 1. The number of alkyl halides is 3. The number of ketones is 1. The van der Waals surface area contributed by atoms with Gasteiger partial charge in [-0.05, 0) is 47.9 Å². The van der Waals surface area contributed by atoms with E-state index in [-0.39, 0.29) is 17.1 Å². The fourth-order valence-electron chi connectivity index (χ4n) is 3.12. The second-order valence-corrected chi connectivity index (χ2v) is 9.26. The average molecular weight is 454 g/mol. The van der Waals surface area contributed by atoms with Crippen LogP contribution in [0.15, 0.2) is 53.4 Å². The molecule has 1 heterocycles. The van der Waals surface area contributed by atoms with Crippen molar-refractivity contribution < 1.29 is 26.4 Å². The second kappa shape index (κ2) is 7.98. The van der Waals surface area contributed by atoms with Crippen LogP contribution in [0.5, 0.6) is 0 Å². The number of hydrogen-bond acceptors (Lipinski definition) is 4. The van der Waals surface area contributed by atoms with E-state index in [1.807, 2.05) is 0 Å². The van der Waals surface area contributed by atoms with Crippen LogP contribution < -0.4 is 5.14 Å². The number of halogens is 3. The zero-order valence-corrected chi connectivity index (χ0v) is 17.7. The zero-order valence-electron chi connectivity index (χ0n) is 16.1. The number of hydrogen-bond donors (Lipinski definition) is 1. The van der Waals surface area contributed by atoms with Crippen LogP contribution in [-0.2, 0) is 16.2 Å². The SMILES string of the molecule is CCC(=O)c1sc(-c2ccc(C(F)(F)F)cc2)c(C)c1-c1ccc(S(N)(=O)=O)cc1. The molecule has 0 saturated heterocycles. The highest BCUT2D eigenvalue weighted by Gasteiger charge is 2.30. The molecule has 4 nitrogen and oxygen atoms in total. The van der Waals surface area contributed by atoms with Crippen LogP contribution in [0.3, 0.4) is 0 Å². The molecule has 0 radical (unpaired) electrons. The molecule has 158 valence electrons. The van der Waals surface area contributed by atoms with Crippen molar-refractivity contribution in [1.82, 2.24) is 0 Å². The molecule has 0 atom stereocenters. The van der Waals surface area contributed by atoms with E-state index >= 15 is 0 Å². The summed E-state index contributed by atoms with van der Waals surface area (Å²) >= 11 is 1.22. The van der Waals surface area contributed by atoms with E-state index in [0.717, 1.165) is 17.7 Å². The largest absolute Gasteiger partial charge is 0.416 e. The quantitative estimate of drug-likeness (QED) is 0.507. The van der Waals surface area contributed by atoms with Crippen molar-refractivity contribution >= 4 is 27.1 Å². The fraction of sp³-hybridized carbons (Fsp3) is 0.190. The first kappa shape index (κ1) is 22.2. The van der Waals surface area contributed by atoms with Gasteiger partial charge >= 0.3 is 6.18 Å². The summed E-state index contributed by atoms with van der Waals surface area (Å²) in [6, 6.07) is 10.6. The van der Waals surface area contributed by atoms with Gasteiger partial charge in [0.15, 0.2) is 5.78 Å². The van der Waals surface area contributed by atoms with E-state index in [4.69, 9.17) is 5.14 Å². The maximum atomic E-state index is 12.9. The lowest BCUT2D eigenvalue weighted by molar-refractivity contribution is -0.137. The molecule has 3 aromatic rings. The van der Waals surface area contributed by atoms with Crippen LogP contribution in [0, 0.1) is 6.92 Å². The van der Waals surface area contributed by atoms with Crippen molar-refractivity contribution in [1.29, 1.82) is 0 Å². The minimum Gasteiger partial charge on any atom is -0.293 e. The lowest BCUT2D eigenvalue weighted by Crippen LogP contribution is -2.11. The standard InChI is InChI=1S/C21H18F3NO3S2/c1-3-17(26)20-18(13-6-10-16(11-7-13)30(25,27)28)12(2)19(29-20)14-4-8-15(9-5-14)21(22,23)24/h4-11H,3H2,1-2H3,(H2,25,27,28). The highest BCUT2D eigenvalue weighted by molar-refractivity contribution is 7.89. The van der Waals surface area contributed by atoms with E-state index in [2.05, 4.69) is 0 Å². The Morgan fingerprint density at radius 2 is 1.53 bits per heavy atom. The highest BCUT2D eigenvalue weighted by atomic mass is 32.2. The Morgan fingerprint density at radius 3 is 2.00 bits per heavy atom. The third kappa shape index (κ3) is 4.33. The van der Waals surface area contributed by atoms with Crippen LogP contribution in [0.1, 0.15) is 34.1 Å². The number of rotatable bonds is 5. The first-order valence-corrected chi connectivity index (χ1v) is 11.3. The Morgan fingerprint density at radius 1 is 1.00 bits per heavy atom. The minimum absolute atomic E-state index is 0.0505. The topological polar surface area (TPSA) is 77.2 Å². The first-order valence-electron chi connectivity index (χ1n) is 8.91. The van der Waals surface area contributed by atoms with E-state index in [9.17, 15) is 26.4 Å². The Labute approximate surface area is 176 Å². The van der Waals surface area contributed by atoms with Crippen molar-refractivity contribution in [3.05, 3.63) is 64.5 Å². The average Bonchev–Trinajstić information content (AvgIpc) is 3.03. The van der Waals surface area contributed by atoms with Gasteiger partial charge in [-0.3, -0.25) is 4.79 Å². The maximum Gasteiger partial charge on any atom is 0.416 e. The molecule has 30 heavy (non-hydrogen) atoms. The molecule has 0 spiro atoms. The Kier molecular flexibility index (Phi) is 5.90. The van der Waals surface area contributed by atoms with Gasteiger partial charge in [0.2, 0.25) is 10.0 Å². The van der Waals surface area contributed by atoms with Gasteiger partial charge in [0.05, 0.1) is 15.3 Å². The highest BCUT2D eigenvalue weighted by Crippen LogP contribution is 2.43. The molecule has 2 N–H and O–H groups in total. The maximum absolute atomic E-state index is 12.9. The second-order valence-electron chi connectivity index (χ2n) is 6.68. The molecule has 0 fully saturated rings. The molecule has 3 rings (SSSR count). The molecule has 0 aliphatic heterocycles. The predicted octanol–water partition coefficient (Wildman–Crippen LogP) is 5.65. The van der Waals surface area contributed by atoms with E-state index < -0.39 is 21.8 Å². The van der Waals surface area contributed by atoms with Crippen molar-refractivity contribution in [3.63, 3.8) is 0 Å². The molecule has 0 bridgehead atoms. The number of benzene rings is 2. The summed E-state index contributed by atoms with van der Waals surface area (Å²) in [6.07, 6.45) is -4.17. The molecule has 0 amide bonds. The fourth-order valence-corrected chi connectivity index (χ4v) is 4.98. The van der Waals surface area contributed by atoms with Crippen LogP contribution in [0.4, 0.5) is 13.2 Å². The number of nitrogens with two attached hydrogens (primary N) is 1. The van der Waals surface area contributed by atoms with Crippen molar-refractivity contribution in [2.24, 2.45) is 5.14 Å². The first-order chi connectivity index (χ1) is 13.9. The molecule has 2 aromatic carbocycles. The van der Waals surface area contributed by atoms with Crippen molar-refractivity contribution in [2.75, 3.05) is 0 Å². The van der Waals surface area contributed by atoms with Gasteiger partial charge in [-0.2, -0.15) is 13.2 Å². The molecule has 1 aromatic heterocycles. The molecule has 0 saturated carbocycles. The monoisotopic (exact) mass is 453 g/mol. The van der Waals surface area contributed by atoms with Crippen molar-refractivity contribution in [3.8, 4) is 21.6 Å². The molecule has 0 aliphatic rings. The summed E-state index contributed by atoms with van der Waals surface area (Å²) in [5.74, 6) is -0.105. The lowest BCUT2D eigenvalue weighted by Gasteiger charge is -2.08. The summed E-state index contributed by atoms with van der Waals surface area (Å²) in [4.78, 5) is 13.7. The van der Waals surface area contributed by atoms with E-state index in [0.29, 0.717) is 26.4 Å². The molecule has 0 unspecified atom stereocenters. The molecular formula is C21H18F3NO3S2. The van der Waals surface area contributed by atoms with Gasteiger partial charge < -0.3 is 0 Å². The van der Waals surface area contributed by atoms with Gasteiger partial charge in [-0.1, -0.05) is 31.2 Å².